The first kappa shape index (κ1) is 16.0. The van der Waals surface area contributed by atoms with Crippen LogP contribution in [0.1, 0.15) is 25.8 Å². The molecular weight excluding hydrogens is 282 g/mol. The Balaban J connectivity index is 1.89. The van der Waals surface area contributed by atoms with Crippen molar-refractivity contribution in [2.75, 3.05) is 6.54 Å². The molecule has 0 aromatic heterocycles. The van der Waals surface area contributed by atoms with Crippen molar-refractivity contribution in [2.45, 2.75) is 38.8 Å². The molecule has 6 nitrogen and oxygen atoms in total. The van der Waals surface area contributed by atoms with Gasteiger partial charge in [0.1, 0.15) is 12.6 Å². The number of hydrogen-bond donors (Lipinski definition) is 2. The highest BCUT2D eigenvalue weighted by molar-refractivity contribution is 6.06. The van der Waals surface area contributed by atoms with Crippen molar-refractivity contribution in [1.29, 1.82) is 0 Å². The van der Waals surface area contributed by atoms with Crippen molar-refractivity contribution >= 4 is 17.8 Å². The Bertz CT molecular complexity index is 557. The smallest absolute Gasteiger partial charge is 0.325 e. The maximum atomic E-state index is 12.2. The van der Waals surface area contributed by atoms with E-state index in [1.54, 1.807) is 0 Å². The Hall–Kier alpha value is -2.37. The van der Waals surface area contributed by atoms with Gasteiger partial charge in [-0.25, -0.2) is 4.79 Å². The summed E-state index contributed by atoms with van der Waals surface area (Å²) in [5.74, 6) is -0.665. The largest absolute Gasteiger partial charge is 0.352 e. The fraction of sp³-hybridized carbons (Fsp3) is 0.438. The number of imide groups is 1. The van der Waals surface area contributed by atoms with Gasteiger partial charge >= 0.3 is 6.03 Å². The Morgan fingerprint density at radius 1 is 1.27 bits per heavy atom. The summed E-state index contributed by atoms with van der Waals surface area (Å²) in [6.45, 7) is 3.42. The van der Waals surface area contributed by atoms with Crippen LogP contribution in [0.3, 0.4) is 0 Å². The predicted molar refractivity (Wildman–Crippen MR) is 82.1 cm³/mol. The molecule has 4 amide bonds. The summed E-state index contributed by atoms with van der Waals surface area (Å²) >= 11 is 0. The Labute approximate surface area is 129 Å². The second-order valence-electron chi connectivity index (χ2n) is 5.67. The molecule has 6 heteroatoms. The van der Waals surface area contributed by atoms with Gasteiger partial charge in [-0.15, -0.1) is 0 Å². The molecule has 0 saturated carbocycles. The molecular formula is C16H21N3O3. The fourth-order valence-electron chi connectivity index (χ4n) is 2.39. The van der Waals surface area contributed by atoms with E-state index >= 15 is 0 Å². The minimum Gasteiger partial charge on any atom is -0.352 e. The number of rotatable bonds is 6. The molecule has 1 aliphatic heterocycles. The van der Waals surface area contributed by atoms with Gasteiger partial charge in [-0.2, -0.15) is 0 Å². The minimum atomic E-state index is -0.556. The number of aryl methyl sites for hydroxylation is 1. The number of hydrogen-bond acceptors (Lipinski definition) is 3. The summed E-state index contributed by atoms with van der Waals surface area (Å²) in [6, 6.07) is 8.69. The molecule has 0 radical (unpaired) electrons. The molecule has 118 valence electrons. The highest BCUT2D eigenvalue weighted by atomic mass is 16.2. The Kier molecular flexibility index (Phi) is 5.14. The van der Waals surface area contributed by atoms with Crippen LogP contribution >= 0.6 is 0 Å². The number of carbonyl (C=O) groups excluding carboxylic acids is 3. The van der Waals surface area contributed by atoms with Crippen molar-refractivity contribution in [1.82, 2.24) is 15.5 Å². The van der Waals surface area contributed by atoms with Gasteiger partial charge in [0.15, 0.2) is 0 Å². The first-order valence-electron chi connectivity index (χ1n) is 7.42. The van der Waals surface area contributed by atoms with Crippen molar-refractivity contribution in [3.05, 3.63) is 35.9 Å². The molecule has 1 fully saturated rings. The third-order valence-corrected chi connectivity index (χ3v) is 3.42. The molecule has 1 atom stereocenters. The van der Waals surface area contributed by atoms with Crippen LogP contribution in [0.25, 0.3) is 0 Å². The van der Waals surface area contributed by atoms with Gasteiger partial charge in [-0.3, -0.25) is 14.5 Å². The van der Waals surface area contributed by atoms with E-state index in [0.717, 1.165) is 10.5 Å². The van der Waals surface area contributed by atoms with E-state index in [1.807, 2.05) is 44.2 Å². The van der Waals surface area contributed by atoms with E-state index in [1.165, 1.54) is 0 Å². The topological polar surface area (TPSA) is 78.5 Å². The van der Waals surface area contributed by atoms with Crippen LogP contribution in [0.2, 0.25) is 0 Å². The molecule has 0 bridgehead atoms. The molecule has 1 heterocycles. The van der Waals surface area contributed by atoms with E-state index in [4.69, 9.17) is 0 Å². The number of benzene rings is 1. The lowest BCUT2D eigenvalue weighted by Crippen LogP contribution is -2.43. The van der Waals surface area contributed by atoms with Gasteiger partial charge in [-0.1, -0.05) is 30.3 Å². The highest BCUT2D eigenvalue weighted by Crippen LogP contribution is 2.12. The van der Waals surface area contributed by atoms with Gasteiger partial charge in [0.2, 0.25) is 5.91 Å². The van der Waals surface area contributed by atoms with Gasteiger partial charge in [0.25, 0.3) is 5.91 Å². The van der Waals surface area contributed by atoms with E-state index in [-0.39, 0.29) is 24.4 Å². The van der Waals surface area contributed by atoms with Gasteiger partial charge < -0.3 is 10.6 Å². The van der Waals surface area contributed by atoms with E-state index in [9.17, 15) is 14.4 Å². The summed E-state index contributed by atoms with van der Waals surface area (Å²) in [4.78, 5) is 36.7. The second-order valence-corrected chi connectivity index (χ2v) is 5.67. The highest BCUT2D eigenvalue weighted by Gasteiger charge is 2.38. The molecule has 0 aliphatic carbocycles. The predicted octanol–water partition coefficient (Wildman–Crippen LogP) is 1.06. The lowest BCUT2D eigenvalue weighted by molar-refractivity contribution is -0.132. The average molecular weight is 303 g/mol. The first-order chi connectivity index (χ1) is 10.5. The maximum Gasteiger partial charge on any atom is 0.325 e. The molecule has 22 heavy (non-hydrogen) atoms. The van der Waals surface area contributed by atoms with E-state index < -0.39 is 12.1 Å². The lowest BCUT2D eigenvalue weighted by atomic mass is 10.1. The van der Waals surface area contributed by atoms with Crippen LogP contribution in [0.5, 0.6) is 0 Å². The SMILES string of the molecule is CC(C)NC(=O)CN1C(=O)N[C@@H](CCc2ccccc2)C1=O. The summed E-state index contributed by atoms with van der Waals surface area (Å²) in [5, 5.41) is 5.31. The van der Waals surface area contributed by atoms with Crippen LogP contribution in [0.15, 0.2) is 30.3 Å². The van der Waals surface area contributed by atoms with Gasteiger partial charge in [0.05, 0.1) is 0 Å². The number of urea groups is 1. The standard InChI is InChI=1S/C16H21N3O3/c1-11(2)17-14(20)10-19-15(21)13(18-16(19)22)9-8-12-6-4-3-5-7-12/h3-7,11,13H,8-10H2,1-2H3,(H,17,20)(H,18,22)/t13-/m0/s1. The number of amides is 4. The molecule has 2 N–H and O–H groups in total. The normalized spacial score (nSPS) is 17.8. The zero-order valence-corrected chi connectivity index (χ0v) is 12.8. The number of nitrogens with one attached hydrogen (secondary N) is 2. The summed E-state index contributed by atoms with van der Waals surface area (Å²) in [6.07, 6.45) is 1.22. The summed E-state index contributed by atoms with van der Waals surface area (Å²) < 4.78 is 0. The molecule has 1 saturated heterocycles. The van der Waals surface area contributed by atoms with Crippen LogP contribution in [-0.2, 0) is 16.0 Å². The molecule has 1 aromatic carbocycles. The van der Waals surface area contributed by atoms with Crippen LogP contribution in [-0.4, -0.2) is 41.4 Å². The monoisotopic (exact) mass is 303 g/mol. The Morgan fingerprint density at radius 2 is 1.95 bits per heavy atom. The zero-order chi connectivity index (χ0) is 16.1. The molecule has 1 aromatic rings. The summed E-state index contributed by atoms with van der Waals surface area (Å²) in [7, 11) is 0. The Morgan fingerprint density at radius 3 is 2.59 bits per heavy atom. The molecule has 2 rings (SSSR count). The number of carbonyl (C=O) groups is 3. The van der Waals surface area contributed by atoms with Crippen LogP contribution < -0.4 is 10.6 Å². The van der Waals surface area contributed by atoms with E-state index in [0.29, 0.717) is 12.8 Å². The minimum absolute atomic E-state index is 0.0258. The second kappa shape index (κ2) is 7.06. The third kappa shape index (κ3) is 4.07. The quantitative estimate of drug-likeness (QED) is 0.771. The molecule has 0 unspecified atom stereocenters. The lowest BCUT2D eigenvalue weighted by Gasteiger charge is -2.14. The molecule has 0 spiro atoms. The average Bonchev–Trinajstić information content (AvgIpc) is 2.73. The first-order valence-corrected chi connectivity index (χ1v) is 7.42. The third-order valence-electron chi connectivity index (χ3n) is 3.42. The number of nitrogens with zero attached hydrogens (tertiary/aromatic N) is 1. The van der Waals surface area contributed by atoms with E-state index in [2.05, 4.69) is 10.6 Å². The van der Waals surface area contributed by atoms with Crippen molar-refractivity contribution in [2.24, 2.45) is 0 Å². The fourth-order valence-corrected chi connectivity index (χ4v) is 2.39. The van der Waals surface area contributed by atoms with Crippen molar-refractivity contribution < 1.29 is 14.4 Å². The van der Waals surface area contributed by atoms with Crippen LogP contribution in [0.4, 0.5) is 4.79 Å². The van der Waals surface area contributed by atoms with Gasteiger partial charge in [0, 0.05) is 6.04 Å². The van der Waals surface area contributed by atoms with Crippen molar-refractivity contribution in [3.8, 4) is 0 Å². The molecule has 1 aliphatic rings. The maximum absolute atomic E-state index is 12.2. The van der Waals surface area contributed by atoms with Crippen LogP contribution in [0, 0.1) is 0 Å². The summed E-state index contributed by atoms with van der Waals surface area (Å²) in [5.41, 5.74) is 1.11. The zero-order valence-electron chi connectivity index (χ0n) is 12.8. The van der Waals surface area contributed by atoms with Crippen molar-refractivity contribution in [3.63, 3.8) is 0 Å². The van der Waals surface area contributed by atoms with Gasteiger partial charge in [-0.05, 0) is 32.3 Å².